The van der Waals surface area contributed by atoms with E-state index < -0.39 is 0 Å². The van der Waals surface area contributed by atoms with E-state index in [0.717, 1.165) is 25.9 Å². The van der Waals surface area contributed by atoms with Crippen molar-refractivity contribution in [3.05, 3.63) is 0 Å². The van der Waals surface area contributed by atoms with Gasteiger partial charge in [-0.1, -0.05) is 0 Å². The number of carbonyl (C=O) groups is 1. The molecule has 4 nitrogen and oxygen atoms in total. The van der Waals surface area contributed by atoms with Gasteiger partial charge in [-0.3, -0.25) is 9.69 Å². The molecule has 1 fully saturated rings. The van der Waals surface area contributed by atoms with Crippen LogP contribution in [0, 0.1) is 11.3 Å². The van der Waals surface area contributed by atoms with Gasteiger partial charge in [0.15, 0.2) is 0 Å². The average molecular weight is 223 g/mol. The summed E-state index contributed by atoms with van der Waals surface area (Å²) in [6.45, 7) is 6.51. The molecule has 0 saturated carbocycles. The molecule has 0 N–H and O–H groups in total. The molecule has 1 saturated heterocycles. The molecule has 1 heterocycles. The first-order chi connectivity index (χ1) is 7.65. The fourth-order valence-electron chi connectivity index (χ4n) is 1.93. The molecule has 0 aromatic rings. The molecule has 1 aliphatic heterocycles. The summed E-state index contributed by atoms with van der Waals surface area (Å²) < 4.78 is 0. The maximum absolute atomic E-state index is 12.0. The molecule has 0 bridgehead atoms. The van der Waals surface area contributed by atoms with Crippen LogP contribution in [0.1, 0.15) is 33.1 Å². The standard InChI is InChI=1S/C12H21N3O/c1-11(2)15(9-6-13)10-12(16)14-7-4-3-5-8-14/h11H,3-5,7-10H2,1-2H3. The Labute approximate surface area is 97.8 Å². The summed E-state index contributed by atoms with van der Waals surface area (Å²) in [5, 5.41) is 8.69. The molecular weight excluding hydrogens is 202 g/mol. The second-order valence-corrected chi connectivity index (χ2v) is 4.60. The topological polar surface area (TPSA) is 47.3 Å². The highest BCUT2D eigenvalue weighted by atomic mass is 16.2. The number of piperidine rings is 1. The third-order valence-corrected chi connectivity index (χ3v) is 3.05. The van der Waals surface area contributed by atoms with Crippen LogP contribution < -0.4 is 0 Å². The first-order valence-electron chi connectivity index (χ1n) is 6.04. The van der Waals surface area contributed by atoms with Crippen molar-refractivity contribution in [1.82, 2.24) is 9.80 Å². The van der Waals surface area contributed by atoms with E-state index >= 15 is 0 Å². The summed E-state index contributed by atoms with van der Waals surface area (Å²) in [5.41, 5.74) is 0. The first-order valence-corrected chi connectivity index (χ1v) is 6.04. The predicted octanol–water partition coefficient (Wildman–Crippen LogP) is 1.23. The van der Waals surface area contributed by atoms with Crippen molar-refractivity contribution in [3.63, 3.8) is 0 Å². The third kappa shape index (κ3) is 3.82. The van der Waals surface area contributed by atoms with Crippen LogP contribution in [-0.4, -0.2) is 47.9 Å². The summed E-state index contributed by atoms with van der Waals surface area (Å²) in [6.07, 6.45) is 3.47. The van der Waals surface area contributed by atoms with Crippen LogP contribution in [0.3, 0.4) is 0 Å². The molecular formula is C12H21N3O. The molecule has 1 amide bonds. The van der Waals surface area contributed by atoms with Crippen LogP contribution in [0.5, 0.6) is 0 Å². The minimum absolute atomic E-state index is 0.170. The number of hydrogen-bond acceptors (Lipinski definition) is 3. The minimum Gasteiger partial charge on any atom is -0.342 e. The number of rotatable bonds is 4. The van der Waals surface area contributed by atoms with Gasteiger partial charge in [0, 0.05) is 19.1 Å². The van der Waals surface area contributed by atoms with Crippen LogP contribution in [0.2, 0.25) is 0 Å². The molecule has 0 aliphatic carbocycles. The van der Waals surface area contributed by atoms with Gasteiger partial charge in [-0.2, -0.15) is 5.26 Å². The zero-order valence-corrected chi connectivity index (χ0v) is 10.3. The quantitative estimate of drug-likeness (QED) is 0.674. The Morgan fingerprint density at radius 1 is 1.38 bits per heavy atom. The van der Waals surface area contributed by atoms with Crippen molar-refractivity contribution < 1.29 is 4.79 Å². The van der Waals surface area contributed by atoms with Gasteiger partial charge >= 0.3 is 0 Å². The van der Waals surface area contributed by atoms with Crippen LogP contribution in [0.25, 0.3) is 0 Å². The summed E-state index contributed by atoms with van der Waals surface area (Å²) >= 11 is 0. The molecule has 0 radical (unpaired) electrons. The lowest BCUT2D eigenvalue weighted by Crippen LogP contribution is -2.44. The summed E-state index contributed by atoms with van der Waals surface area (Å²) in [5.74, 6) is 0.170. The molecule has 0 atom stereocenters. The maximum Gasteiger partial charge on any atom is 0.236 e. The van der Waals surface area contributed by atoms with Gasteiger partial charge in [-0.15, -0.1) is 0 Å². The van der Waals surface area contributed by atoms with Crippen molar-refractivity contribution in [3.8, 4) is 6.07 Å². The molecule has 0 aromatic heterocycles. The number of amides is 1. The van der Waals surface area contributed by atoms with Crippen molar-refractivity contribution in [2.45, 2.75) is 39.2 Å². The number of carbonyl (C=O) groups excluding carboxylic acids is 1. The van der Waals surface area contributed by atoms with Gasteiger partial charge in [0.05, 0.1) is 19.2 Å². The zero-order valence-electron chi connectivity index (χ0n) is 10.3. The predicted molar refractivity (Wildman–Crippen MR) is 62.8 cm³/mol. The highest BCUT2D eigenvalue weighted by molar-refractivity contribution is 5.78. The fourth-order valence-corrected chi connectivity index (χ4v) is 1.93. The van der Waals surface area contributed by atoms with Gasteiger partial charge in [0.25, 0.3) is 0 Å². The zero-order chi connectivity index (χ0) is 12.0. The fraction of sp³-hybridized carbons (Fsp3) is 0.833. The van der Waals surface area contributed by atoms with Crippen LogP contribution in [-0.2, 0) is 4.79 Å². The molecule has 90 valence electrons. The van der Waals surface area contributed by atoms with Crippen LogP contribution >= 0.6 is 0 Å². The first kappa shape index (κ1) is 13.0. The maximum atomic E-state index is 12.0. The molecule has 16 heavy (non-hydrogen) atoms. The van der Waals surface area contributed by atoms with E-state index in [0.29, 0.717) is 13.1 Å². The van der Waals surface area contributed by atoms with Crippen LogP contribution in [0.4, 0.5) is 0 Å². The van der Waals surface area contributed by atoms with E-state index in [1.54, 1.807) is 0 Å². The lowest BCUT2D eigenvalue weighted by Gasteiger charge is -2.30. The second kappa shape index (κ2) is 6.49. The lowest BCUT2D eigenvalue weighted by molar-refractivity contribution is -0.133. The van der Waals surface area contributed by atoms with Crippen molar-refractivity contribution in [1.29, 1.82) is 5.26 Å². The summed E-state index contributed by atoms with van der Waals surface area (Å²) in [4.78, 5) is 15.8. The second-order valence-electron chi connectivity index (χ2n) is 4.60. The molecule has 0 unspecified atom stereocenters. The van der Waals surface area contributed by atoms with E-state index in [2.05, 4.69) is 6.07 Å². The number of hydrogen-bond donors (Lipinski definition) is 0. The monoisotopic (exact) mass is 223 g/mol. The SMILES string of the molecule is CC(C)N(CC#N)CC(=O)N1CCCCC1. The number of nitrogens with zero attached hydrogens (tertiary/aromatic N) is 3. The Kier molecular flexibility index (Phi) is 5.27. The Balaban J connectivity index is 2.44. The Bertz CT molecular complexity index is 264. The normalized spacial score (nSPS) is 16.6. The summed E-state index contributed by atoms with van der Waals surface area (Å²) in [7, 11) is 0. The van der Waals surface area contributed by atoms with E-state index in [-0.39, 0.29) is 11.9 Å². The van der Waals surface area contributed by atoms with Gasteiger partial charge < -0.3 is 4.90 Å². The van der Waals surface area contributed by atoms with Crippen LogP contribution in [0.15, 0.2) is 0 Å². The molecule has 1 aliphatic rings. The van der Waals surface area contributed by atoms with Gasteiger partial charge in [0.2, 0.25) is 5.91 Å². The van der Waals surface area contributed by atoms with Gasteiger partial charge in [-0.05, 0) is 33.1 Å². The lowest BCUT2D eigenvalue weighted by atomic mass is 10.1. The highest BCUT2D eigenvalue weighted by Crippen LogP contribution is 2.09. The largest absolute Gasteiger partial charge is 0.342 e. The van der Waals surface area contributed by atoms with Gasteiger partial charge in [0.1, 0.15) is 0 Å². The molecule has 0 spiro atoms. The smallest absolute Gasteiger partial charge is 0.236 e. The van der Waals surface area contributed by atoms with Crippen molar-refractivity contribution >= 4 is 5.91 Å². The molecule has 0 aromatic carbocycles. The van der Waals surface area contributed by atoms with E-state index in [1.165, 1.54) is 6.42 Å². The minimum atomic E-state index is 0.170. The number of nitriles is 1. The van der Waals surface area contributed by atoms with Crippen molar-refractivity contribution in [2.24, 2.45) is 0 Å². The van der Waals surface area contributed by atoms with Crippen molar-refractivity contribution in [2.75, 3.05) is 26.2 Å². The third-order valence-electron chi connectivity index (χ3n) is 3.05. The Hall–Kier alpha value is -1.08. The average Bonchev–Trinajstić information content (AvgIpc) is 2.29. The van der Waals surface area contributed by atoms with E-state index in [1.807, 2.05) is 23.6 Å². The van der Waals surface area contributed by atoms with E-state index in [9.17, 15) is 4.79 Å². The Morgan fingerprint density at radius 3 is 2.50 bits per heavy atom. The van der Waals surface area contributed by atoms with E-state index in [4.69, 9.17) is 5.26 Å². The Morgan fingerprint density at radius 2 is 2.00 bits per heavy atom. The summed E-state index contributed by atoms with van der Waals surface area (Å²) in [6, 6.07) is 2.36. The van der Waals surface area contributed by atoms with Gasteiger partial charge in [-0.25, -0.2) is 0 Å². The molecule has 1 rings (SSSR count). The number of likely N-dealkylation sites (tertiary alicyclic amines) is 1. The highest BCUT2D eigenvalue weighted by Gasteiger charge is 2.20. The molecule has 4 heteroatoms.